The van der Waals surface area contributed by atoms with E-state index in [0.29, 0.717) is 19.4 Å². The Morgan fingerprint density at radius 2 is 1.62 bits per heavy atom. The Balaban J connectivity index is 1.79. The van der Waals surface area contributed by atoms with Crippen molar-refractivity contribution in [1.82, 2.24) is 30.3 Å². The molecule has 0 spiro atoms. The third kappa shape index (κ3) is 12.1. The molecule has 2 heterocycles. The predicted octanol–water partition coefficient (Wildman–Crippen LogP) is 5.19. The van der Waals surface area contributed by atoms with Gasteiger partial charge in [-0.3, -0.25) is 24.1 Å². The third-order valence-electron chi connectivity index (χ3n) is 11.3. The number of hydrogen-bond donors (Lipinski definition) is 2. The Labute approximate surface area is 334 Å². The summed E-state index contributed by atoms with van der Waals surface area (Å²) in [4.78, 5) is 65.8. The van der Waals surface area contributed by atoms with E-state index in [4.69, 9.17) is 9.47 Å². The summed E-state index contributed by atoms with van der Waals surface area (Å²) >= 11 is 1.51. The van der Waals surface area contributed by atoms with Gasteiger partial charge in [0.05, 0.1) is 48.7 Å². The number of thiazole rings is 1. The molecule has 0 bridgehead atoms. The second-order valence-corrected chi connectivity index (χ2v) is 17.0. The Kier molecular flexibility index (Phi) is 18.2. The lowest BCUT2D eigenvalue weighted by atomic mass is 9.89. The van der Waals surface area contributed by atoms with Gasteiger partial charge in [0, 0.05) is 39.4 Å². The van der Waals surface area contributed by atoms with Crippen LogP contribution >= 0.6 is 11.3 Å². The minimum Gasteiger partial charge on any atom is -0.379 e. The number of amides is 4. The van der Waals surface area contributed by atoms with Gasteiger partial charge in [-0.1, -0.05) is 85.2 Å². The summed E-state index contributed by atoms with van der Waals surface area (Å²) in [6, 6.07) is 7.83. The smallest absolute Gasteiger partial charge is 0.245 e. The van der Waals surface area contributed by atoms with Crippen molar-refractivity contribution in [3.63, 3.8) is 0 Å². The maximum Gasteiger partial charge on any atom is 0.245 e. The number of aromatic nitrogens is 1. The van der Waals surface area contributed by atoms with Gasteiger partial charge in [-0.15, -0.1) is 11.3 Å². The first-order valence-corrected chi connectivity index (χ1v) is 20.8. The highest BCUT2D eigenvalue weighted by atomic mass is 32.1. The molecule has 1 aromatic carbocycles. The second kappa shape index (κ2) is 21.8. The van der Waals surface area contributed by atoms with Crippen molar-refractivity contribution < 1.29 is 28.7 Å². The van der Waals surface area contributed by atoms with Gasteiger partial charge >= 0.3 is 0 Å². The highest BCUT2D eigenvalue weighted by Gasteiger charge is 2.43. The molecule has 3 rings (SSSR count). The van der Waals surface area contributed by atoms with Crippen molar-refractivity contribution in [2.24, 2.45) is 23.7 Å². The van der Waals surface area contributed by atoms with Crippen molar-refractivity contribution in [2.45, 2.75) is 123 Å². The number of hydrogen-bond acceptors (Lipinski definition) is 9. The maximum atomic E-state index is 14.3. The number of nitrogens with one attached hydrogen (secondary N) is 2. The van der Waals surface area contributed by atoms with Crippen molar-refractivity contribution in [3.05, 3.63) is 52.5 Å². The van der Waals surface area contributed by atoms with Gasteiger partial charge in [0.2, 0.25) is 23.6 Å². The molecule has 1 aromatic heterocycles. The highest BCUT2D eigenvalue weighted by molar-refractivity contribution is 7.09. The lowest BCUT2D eigenvalue weighted by Crippen LogP contribution is -2.59. The van der Waals surface area contributed by atoms with Gasteiger partial charge in [0.25, 0.3) is 0 Å². The molecule has 1 aliphatic rings. The number of carbonyl (C=O) groups is 4. The van der Waals surface area contributed by atoms with E-state index in [-0.39, 0.29) is 65.9 Å². The molecule has 1 saturated heterocycles. The molecule has 1 fully saturated rings. The van der Waals surface area contributed by atoms with Gasteiger partial charge < -0.3 is 29.9 Å². The summed E-state index contributed by atoms with van der Waals surface area (Å²) in [7, 11) is 8.66. The molecule has 13 heteroatoms. The van der Waals surface area contributed by atoms with E-state index >= 15 is 0 Å². The first-order valence-electron chi connectivity index (χ1n) is 19.9. The van der Waals surface area contributed by atoms with Crippen molar-refractivity contribution in [2.75, 3.05) is 41.9 Å². The number of carbonyl (C=O) groups excluding carboxylic acids is 4. The zero-order valence-electron chi connectivity index (χ0n) is 35.3. The van der Waals surface area contributed by atoms with Crippen LogP contribution in [0.3, 0.4) is 0 Å². The SMILES string of the molecule is CC[C@H](C)C([C@@H](CC(=O)N1CCC[C@H]1[C@H](OC)[C@@H](C)C(=O)N[C@@H](Cc1ccccc1)c1nccs1)OC)N(C)C(=O)[C@@H](NC(=O)[C@H](C(C)C)N(C)C)C(C)C. The molecule has 2 N–H and O–H groups in total. The highest BCUT2D eigenvalue weighted by Crippen LogP contribution is 2.30. The topological polar surface area (TPSA) is 133 Å². The zero-order chi connectivity index (χ0) is 41.0. The predicted molar refractivity (Wildman–Crippen MR) is 218 cm³/mol. The van der Waals surface area contributed by atoms with Crippen LogP contribution in [0, 0.1) is 23.7 Å². The van der Waals surface area contributed by atoms with Crippen LogP contribution in [0.4, 0.5) is 0 Å². The number of ether oxygens (including phenoxy) is 2. The summed E-state index contributed by atoms with van der Waals surface area (Å²) in [5.41, 5.74) is 1.09. The molecule has 308 valence electrons. The van der Waals surface area contributed by atoms with Crippen LogP contribution in [0.25, 0.3) is 0 Å². The van der Waals surface area contributed by atoms with E-state index in [9.17, 15) is 19.2 Å². The van der Waals surface area contributed by atoms with Gasteiger partial charge in [0.15, 0.2) is 0 Å². The second-order valence-electron chi connectivity index (χ2n) is 16.1. The fourth-order valence-corrected chi connectivity index (χ4v) is 8.86. The third-order valence-corrected chi connectivity index (χ3v) is 12.2. The van der Waals surface area contributed by atoms with Gasteiger partial charge in [0.1, 0.15) is 11.0 Å². The monoisotopic (exact) mass is 784 g/mol. The minimum absolute atomic E-state index is 0.00751. The molecule has 1 aliphatic heterocycles. The summed E-state index contributed by atoms with van der Waals surface area (Å²) in [5, 5.41) is 9.02. The van der Waals surface area contributed by atoms with Crippen LogP contribution < -0.4 is 10.6 Å². The average Bonchev–Trinajstić information content (AvgIpc) is 3.87. The van der Waals surface area contributed by atoms with Crippen LogP contribution in [0.15, 0.2) is 41.9 Å². The van der Waals surface area contributed by atoms with E-state index in [1.807, 2.05) is 94.2 Å². The quantitative estimate of drug-likeness (QED) is 0.177. The van der Waals surface area contributed by atoms with E-state index in [0.717, 1.165) is 23.4 Å². The Morgan fingerprint density at radius 1 is 0.945 bits per heavy atom. The fourth-order valence-electron chi connectivity index (χ4n) is 8.17. The number of likely N-dealkylation sites (N-methyl/N-ethyl adjacent to an activating group) is 2. The molecule has 1 unspecified atom stereocenters. The maximum absolute atomic E-state index is 14.3. The number of likely N-dealkylation sites (tertiary alicyclic amines) is 1. The zero-order valence-corrected chi connectivity index (χ0v) is 36.1. The largest absolute Gasteiger partial charge is 0.379 e. The van der Waals surface area contributed by atoms with E-state index in [2.05, 4.69) is 29.5 Å². The molecular formula is C42H68N6O6S. The van der Waals surface area contributed by atoms with Gasteiger partial charge in [-0.2, -0.15) is 0 Å². The first kappa shape index (κ1) is 46.0. The molecule has 0 aliphatic carbocycles. The average molecular weight is 785 g/mol. The van der Waals surface area contributed by atoms with Crippen molar-refractivity contribution in [3.8, 4) is 0 Å². The molecule has 4 amide bonds. The summed E-state index contributed by atoms with van der Waals surface area (Å²) in [6.07, 6.45) is 3.49. The van der Waals surface area contributed by atoms with Crippen molar-refractivity contribution in [1.29, 1.82) is 0 Å². The first-order chi connectivity index (χ1) is 26.1. The van der Waals surface area contributed by atoms with Gasteiger partial charge in [-0.25, -0.2) is 4.98 Å². The standard InChI is InChI=1S/C42H68N6O6S/c1-13-28(6)37(47(10)42(52)35(26(2)3)45-40(51)36(27(4)5)46(8)9)33(53-11)25-34(49)48-22-17-20-32(48)38(54-12)29(7)39(50)44-31(41-43-21-23-55-41)24-30-18-15-14-16-19-30/h14-16,18-19,21,23,26-29,31-33,35-38H,13,17,20,22,24-25H2,1-12H3,(H,44,50)(H,45,51)/t28-,29+,31-,32-,33+,35-,36-,37?,38+/m0/s1. The van der Waals surface area contributed by atoms with Crippen LogP contribution in [0.1, 0.15) is 90.8 Å². The van der Waals surface area contributed by atoms with Gasteiger partial charge in [-0.05, 0) is 56.7 Å². The Morgan fingerprint density at radius 3 is 2.15 bits per heavy atom. The molecule has 0 saturated carbocycles. The van der Waals surface area contributed by atoms with Crippen molar-refractivity contribution >= 4 is 35.0 Å². The van der Waals surface area contributed by atoms with E-state index < -0.39 is 30.2 Å². The molecule has 2 aromatic rings. The number of rotatable bonds is 21. The van der Waals surface area contributed by atoms with E-state index in [1.165, 1.54) is 11.3 Å². The Bertz CT molecular complexity index is 1480. The lowest BCUT2D eigenvalue weighted by molar-refractivity contribution is -0.148. The number of benzene rings is 1. The van der Waals surface area contributed by atoms with E-state index in [1.54, 1.807) is 32.4 Å². The number of nitrogens with zero attached hydrogens (tertiary/aromatic N) is 4. The van der Waals surface area contributed by atoms with Crippen LogP contribution in [0.2, 0.25) is 0 Å². The number of methoxy groups -OCH3 is 2. The molecule has 55 heavy (non-hydrogen) atoms. The summed E-state index contributed by atoms with van der Waals surface area (Å²) < 4.78 is 12.1. The van der Waals surface area contributed by atoms with Crippen LogP contribution in [-0.4, -0.2) is 122 Å². The van der Waals surface area contributed by atoms with Crippen LogP contribution in [0.5, 0.6) is 0 Å². The minimum atomic E-state index is -0.751. The van der Waals surface area contributed by atoms with Crippen LogP contribution in [-0.2, 0) is 35.1 Å². The fraction of sp³-hybridized carbons (Fsp3) is 0.690. The molecule has 12 nitrogen and oxygen atoms in total. The molecule has 9 atom stereocenters. The molecule has 0 radical (unpaired) electrons. The Hall–Kier alpha value is -3.39. The normalized spacial score (nSPS) is 19.0. The summed E-state index contributed by atoms with van der Waals surface area (Å²) in [5.74, 6) is -1.35. The summed E-state index contributed by atoms with van der Waals surface area (Å²) in [6.45, 7) is 14.3. The molecular weight excluding hydrogens is 717 g/mol. The lowest BCUT2D eigenvalue weighted by Gasteiger charge is -2.41.